The van der Waals surface area contributed by atoms with E-state index >= 15 is 0 Å². The van der Waals surface area contributed by atoms with Crippen LogP contribution in [0.3, 0.4) is 0 Å². The minimum Gasteiger partial charge on any atom is -0.316 e. The van der Waals surface area contributed by atoms with Gasteiger partial charge in [-0.2, -0.15) is 5.10 Å². The van der Waals surface area contributed by atoms with Gasteiger partial charge < -0.3 is 5.32 Å². The number of piperidine rings is 1. The van der Waals surface area contributed by atoms with Gasteiger partial charge in [-0.15, -0.1) is 11.3 Å². The Morgan fingerprint density at radius 2 is 2.44 bits per heavy atom. The van der Waals surface area contributed by atoms with Crippen molar-refractivity contribution >= 4 is 11.3 Å². The molecule has 1 aliphatic rings. The van der Waals surface area contributed by atoms with E-state index in [1.54, 1.807) is 11.3 Å². The molecule has 2 aromatic heterocycles. The van der Waals surface area contributed by atoms with Crippen molar-refractivity contribution in [2.75, 3.05) is 13.1 Å². The third-order valence-corrected chi connectivity index (χ3v) is 3.79. The Kier molecular flexibility index (Phi) is 2.71. The van der Waals surface area contributed by atoms with E-state index in [4.69, 9.17) is 0 Å². The van der Waals surface area contributed by atoms with E-state index in [1.165, 1.54) is 12.8 Å². The normalized spacial score (nSPS) is 21.1. The van der Waals surface area contributed by atoms with Crippen molar-refractivity contribution < 1.29 is 0 Å². The van der Waals surface area contributed by atoms with Crippen LogP contribution in [0.15, 0.2) is 17.5 Å². The van der Waals surface area contributed by atoms with Gasteiger partial charge in [0.05, 0.1) is 4.88 Å². The molecular weight excluding hydrogens is 220 g/mol. The number of nitrogens with zero attached hydrogens (tertiary/aromatic N) is 2. The van der Waals surface area contributed by atoms with Crippen LogP contribution in [-0.4, -0.2) is 28.3 Å². The molecule has 1 aliphatic heterocycles. The number of hydrogen-bond donors (Lipinski definition) is 2. The second-order valence-electron chi connectivity index (χ2n) is 4.06. The average molecular weight is 234 g/mol. The minimum atomic E-state index is 0.495. The fourth-order valence-corrected chi connectivity index (χ4v) is 2.72. The van der Waals surface area contributed by atoms with Gasteiger partial charge in [-0.25, -0.2) is 4.98 Å². The number of rotatable bonds is 2. The summed E-state index contributed by atoms with van der Waals surface area (Å²) in [5.74, 6) is 2.35. The molecule has 0 amide bonds. The van der Waals surface area contributed by atoms with Crippen molar-refractivity contribution in [3.05, 3.63) is 23.3 Å². The van der Waals surface area contributed by atoms with Gasteiger partial charge in [0.15, 0.2) is 5.82 Å². The number of aromatic nitrogens is 3. The third-order valence-electron chi connectivity index (χ3n) is 2.93. The number of aromatic amines is 1. The van der Waals surface area contributed by atoms with Crippen LogP contribution in [0.1, 0.15) is 24.6 Å². The fraction of sp³-hybridized carbons (Fsp3) is 0.455. The third kappa shape index (κ3) is 1.88. The summed E-state index contributed by atoms with van der Waals surface area (Å²) in [5, 5.41) is 12.8. The summed E-state index contributed by atoms with van der Waals surface area (Å²) in [6, 6.07) is 4.08. The molecule has 16 heavy (non-hydrogen) atoms. The molecule has 1 atom stereocenters. The van der Waals surface area contributed by atoms with E-state index in [-0.39, 0.29) is 0 Å². The topological polar surface area (TPSA) is 53.6 Å². The highest BCUT2D eigenvalue weighted by Gasteiger charge is 2.19. The first-order valence-electron chi connectivity index (χ1n) is 5.60. The molecule has 0 bridgehead atoms. The summed E-state index contributed by atoms with van der Waals surface area (Å²) in [6.45, 7) is 2.14. The Morgan fingerprint density at radius 1 is 1.44 bits per heavy atom. The standard InChI is InChI=1S/C11H14N4S/c1-3-8(7-12-5-1)10-13-11(15-14-10)9-4-2-6-16-9/h2,4,6,8,12H,1,3,5,7H2,(H,13,14,15)/t8-/m1/s1. The molecule has 0 aliphatic carbocycles. The number of H-pyrrole nitrogens is 1. The molecule has 3 rings (SSSR count). The maximum Gasteiger partial charge on any atom is 0.191 e. The first-order chi connectivity index (χ1) is 7.93. The monoisotopic (exact) mass is 234 g/mol. The molecule has 1 fully saturated rings. The second kappa shape index (κ2) is 4.35. The zero-order valence-corrected chi connectivity index (χ0v) is 9.76. The first kappa shape index (κ1) is 9.99. The Morgan fingerprint density at radius 3 is 3.19 bits per heavy atom. The van der Waals surface area contributed by atoms with Crippen molar-refractivity contribution in [3.8, 4) is 10.7 Å². The summed E-state index contributed by atoms with van der Waals surface area (Å²) in [6.07, 6.45) is 2.42. The quantitative estimate of drug-likeness (QED) is 0.835. The van der Waals surface area contributed by atoms with E-state index in [0.717, 1.165) is 29.6 Å². The van der Waals surface area contributed by atoms with Crippen LogP contribution in [0.5, 0.6) is 0 Å². The molecule has 2 N–H and O–H groups in total. The molecule has 5 heteroatoms. The minimum absolute atomic E-state index is 0.495. The van der Waals surface area contributed by atoms with E-state index in [0.29, 0.717) is 5.92 Å². The lowest BCUT2D eigenvalue weighted by Crippen LogP contribution is -2.28. The van der Waals surface area contributed by atoms with Gasteiger partial charge >= 0.3 is 0 Å². The lowest BCUT2D eigenvalue weighted by Gasteiger charge is -2.20. The molecule has 0 radical (unpaired) electrons. The zero-order valence-electron chi connectivity index (χ0n) is 8.94. The van der Waals surface area contributed by atoms with Crippen molar-refractivity contribution in [1.29, 1.82) is 0 Å². The SMILES string of the molecule is c1csc(-c2n[nH]c([C@@H]3CCCNC3)n2)c1. The van der Waals surface area contributed by atoms with E-state index in [2.05, 4.69) is 26.6 Å². The highest BCUT2D eigenvalue weighted by atomic mass is 32.1. The Labute approximate surface area is 98.1 Å². The van der Waals surface area contributed by atoms with Gasteiger partial charge in [0, 0.05) is 12.5 Å². The van der Waals surface area contributed by atoms with Crippen LogP contribution < -0.4 is 5.32 Å². The lowest BCUT2D eigenvalue weighted by molar-refractivity contribution is 0.447. The molecule has 1 saturated heterocycles. The van der Waals surface area contributed by atoms with Crippen LogP contribution in [0.4, 0.5) is 0 Å². The van der Waals surface area contributed by atoms with E-state index in [9.17, 15) is 0 Å². The maximum atomic E-state index is 4.58. The van der Waals surface area contributed by atoms with Crippen LogP contribution in [0.2, 0.25) is 0 Å². The molecule has 2 aromatic rings. The number of nitrogens with one attached hydrogen (secondary N) is 2. The number of thiophene rings is 1. The molecule has 3 heterocycles. The molecule has 4 nitrogen and oxygen atoms in total. The van der Waals surface area contributed by atoms with Gasteiger partial charge in [-0.05, 0) is 30.8 Å². The highest BCUT2D eigenvalue weighted by molar-refractivity contribution is 7.13. The smallest absolute Gasteiger partial charge is 0.191 e. The summed E-state index contributed by atoms with van der Waals surface area (Å²) in [5.41, 5.74) is 0. The summed E-state index contributed by atoms with van der Waals surface area (Å²) < 4.78 is 0. The van der Waals surface area contributed by atoms with Gasteiger partial charge in [0.2, 0.25) is 0 Å². The predicted octanol–water partition coefficient (Wildman–Crippen LogP) is 2.00. The zero-order chi connectivity index (χ0) is 10.8. The predicted molar refractivity (Wildman–Crippen MR) is 64.5 cm³/mol. The first-order valence-corrected chi connectivity index (χ1v) is 6.48. The van der Waals surface area contributed by atoms with Gasteiger partial charge in [0.25, 0.3) is 0 Å². The van der Waals surface area contributed by atoms with Crippen molar-refractivity contribution in [1.82, 2.24) is 20.5 Å². The van der Waals surface area contributed by atoms with Crippen molar-refractivity contribution in [3.63, 3.8) is 0 Å². The van der Waals surface area contributed by atoms with Gasteiger partial charge in [-0.1, -0.05) is 6.07 Å². The Balaban J connectivity index is 1.82. The maximum absolute atomic E-state index is 4.58. The largest absolute Gasteiger partial charge is 0.316 e. The summed E-state index contributed by atoms with van der Waals surface area (Å²) >= 11 is 1.68. The Bertz CT molecular complexity index is 442. The van der Waals surface area contributed by atoms with Crippen LogP contribution in [0, 0.1) is 0 Å². The summed E-state index contributed by atoms with van der Waals surface area (Å²) in [4.78, 5) is 5.71. The summed E-state index contributed by atoms with van der Waals surface area (Å²) in [7, 11) is 0. The van der Waals surface area contributed by atoms with E-state index < -0.39 is 0 Å². The Hall–Kier alpha value is -1.20. The fourth-order valence-electron chi connectivity index (χ4n) is 2.06. The van der Waals surface area contributed by atoms with Crippen molar-refractivity contribution in [2.24, 2.45) is 0 Å². The number of hydrogen-bond acceptors (Lipinski definition) is 4. The average Bonchev–Trinajstić information content (AvgIpc) is 3.01. The molecule has 0 saturated carbocycles. The van der Waals surface area contributed by atoms with Crippen LogP contribution in [-0.2, 0) is 0 Å². The van der Waals surface area contributed by atoms with Crippen LogP contribution in [0.25, 0.3) is 10.7 Å². The second-order valence-corrected chi connectivity index (χ2v) is 5.01. The van der Waals surface area contributed by atoms with Crippen molar-refractivity contribution in [2.45, 2.75) is 18.8 Å². The molecule has 0 aromatic carbocycles. The molecule has 0 spiro atoms. The lowest BCUT2D eigenvalue weighted by atomic mass is 9.99. The molecular formula is C11H14N4S. The molecule has 0 unspecified atom stereocenters. The van der Waals surface area contributed by atoms with E-state index in [1.807, 2.05) is 11.4 Å². The van der Waals surface area contributed by atoms with Gasteiger partial charge in [0.1, 0.15) is 5.82 Å². The molecule has 84 valence electrons. The van der Waals surface area contributed by atoms with Crippen LogP contribution >= 0.6 is 11.3 Å². The van der Waals surface area contributed by atoms with Gasteiger partial charge in [-0.3, -0.25) is 5.10 Å². The highest BCUT2D eigenvalue weighted by Crippen LogP contribution is 2.24.